The zero-order chi connectivity index (χ0) is 18.2. The molecule has 0 aliphatic rings. The Morgan fingerprint density at radius 2 is 1.62 bits per heavy atom. The lowest BCUT2D eigenvalue weighted by molar-refractivity contribution is 0.0519. The van der Waals surface area contributed by atoms with E-state index >= 15 is 0 Å². The fourth-order valence-corrected chi connectivity index (χ4v) is 2.16. The maximum absolute atomic E-state index is 12.8. The maximum Gasteiger partial charge on any atom is 0.365 e. The summed E-state index contributed by atoms with van der Waals surface area (Å²) in [5.41, 5.74) is 2.07. The van der Waals surface area contributed by atoms with Crippen molar-refractivity contribution in [2.75, 3.05) is 0 Å². The lowest BCUT2D eigenvalue weighted by Gasteiger charge is -2.06. The molecule has 0 aliphatic carbocycles. The van der Waals surface area contributed by atoms with Crippen molar-refractivity contribution in [2.45, 2.75) is 6.61 Å². The van der Waals surface area contributed by atoms with E-state index in [2.05, 4.69) is 5.16 Å². The first kappa shape index (κ1) is 17.4. The van der Waals surface area contributed by atoms with Crippen molar-refractivity contribution in [3.8, 4) is 5.75 Å². The van der Waals surface area contributed by atoms with Gasteiger partial charge in [-0.1, -0.05) is 35.5 Å². The molecule has 0 amide bonds. The molecular formula is C21H16FNO3. The minimum atomic E-state index is -0.649. The molecule has 0 saturated heterocycles. The molecule has 0 heterocycles. The number of halogens is 1. The Balaban J connectivity index is 1.51. The molecule has 0 atom stereocenters. The van der Waals surface area contributed by atoms with Gasteiger partial charge in [-0.2, -0.15) is 0 Å². The van der Waals surface area contributed by atoms with E-state index in [0.29, 0.717) is 6.61 Å². The lowest BCUT2D eigenvalue weighted by atomic mass is 10.2. The summed E-state index contributed by atoms with van der Waals surface area (Å²) in [4.78, 5) is 16.5. The number of nitrogens with zero attached hydrogens (tertiary/aromatic N) is 1. The zero-order valence-electron chi connectivity index (χ0n) is 13.8. The van der Waals surface area contributed by atoms with Crippen molar-refractivity contribution < 1.29 is 18.8 Å². The van der Waals surface area contributed by atoms with Crippen molar-refractivity contribution in [2.24, 2.45) is 5.16 Å². The summed E-state index contributed by atoms with van der Waals surface area (Å²) in [6, 6.07) is 22.2. The number of carbonyl (C=O) groups is 1. The highest BCUT2D eigenvalue weighted by atomic mass is 19.1. The van der Waals surface area contributed by atoms with Crippen LogP contribution in [0.15, 0.2) is 84.0 Å². The molecular weight excluding hydrogens is 333 g/mol. The van der Waals surface area contributed by atoms with Crippen molar-refractivity contribution in [1.29, 1.82) is 0 Å². The highest BCUT2D eigenvalue weighted by Gasteiger charge is 2.06. The summed E-state index contributed by atoms with van der Waals surface area (Å²) in [6.45, 7) is 0.490. The fraction of sp³-hybridized carbons (Fsp3) is 0.0476. The Labute approximate surface area is 150 Å². The molecule has 26 heavy (non-hydrogen) atoms. The first-order valence-corrected chi connectivity index (χ1v) is 7.98. The van der Waals surface area contributed by atoms with Crippen LogP contribution in [-0.4, -0.2) is 12.2 Å². The summed E-state index contributed by atoms with van der Waals surface area (Å²) in [5, 5.41) is 3.65. The molecule has 0 spiro atoms. The van der Waals surface area contributed by atoms with Gasteiger partial charge in [0.1, 0.15) is 18.2 Å². The Hall–Kier alpha value is -3.47. The number of hydrogen-bond donors (Lipinski definition) is 0. The second-order valence-electron chi connectivity index (χ2n) is 5.46. The SMILES string of the molecule is O=C(O/N=C/c1ccc(OCc2ccccc2)cc1)c1ccc(F)cc1. The zero-order valence-corrected chi connectivity index (χ0v) is 13.8. The van der Waals surface area contributed by atoms with Crippen LogP contribution in [0.3, 0.4) is 0 Å². The van der Waals surface area contributed by atoms with Gasteiger partial charge in [-0.3, -0.25) is 0 Å². The van der Waals surface area contributed by atoms with Gasteiger partial charge in [0, 0.05) is 0 Å². The molecule has 0 aliphatic heterocycles. The first-order valence-electron chi connectivity index (χ1n) is 7.98. The summed E-state index contributed by atoms with van der Waals surface area (Å²) >= 11 is 0. The largest absolute Gasteiger partial charge is 0.489 e. The Morgan fingerprint density at radius 1 is 0.923 bits per heavy atom. The molecule has 0 radical (unpaired) electrons. The number of hydrogen-bond acceptors (Lipinski definition) is 4. The molecule has 0 fully saturated rings. The Morgan fingerprint density at radius 3 is 2.31 bits per heavy atom. The molecule has 0 saturated carbocycles. The number of benzene rings is 3. The minimum Gasteiger partial charge on any atom is -0.489 e. The van der Waals surface area contributed by atoms with Crippen molar-refractivity contribution in [1.82, 2.24) is 0 Å². The predicted molar refractivity (Wildman–Crippen MR) is 96.6 cm³/mol. The molecule has 3 aromatic rings. The standard InChI is InChI=1S/C21H16FNO3/c22-19-10-8-18(9-11-19)21(24)26-23-14-16-6-12-20(13-7-16)25-15-17-4-2-1-3-5-17/h1-14H,15H2/b23-14+. The van der Waals surface area contributed by atoms with Crippen LogP contribution >= 0.6 is 0 Å². The molecule has 0 unspecified atom stereocenters. The van der Waals surface area contributed by atoms with Gasteiger partial charge in [-0.15, -0.1) is 0 Å². The van der Waals surface area contributed by atoms with Gasteiger partial charge in [-0.05, 0) is 59.7 Å². The van der Waals surface area contributed by atoms with Crippen LogP contribution in [0.1, 0.15) is 21.5 Å². The van der Waals surface area contributed by atoms with Gasteiger partial charge < -0.3 is 9.57 Å². The molecule has 0 N–H and O–H groups in total. The summed E-state index contributed by atoms with van der Waals surface area (Å²) in [5.74, 6) is -0.335. The lowest BCUT2D eigenvalue weighted by Crippen LogP contribution is -2.01. The van der Waals surface area contributed by atoms with E-state index in [1.54, 1.807) is 12.1 Å². The molecule has 0 aromatic heterocycles. The summed E-state index contributed by atoms with van der Waals surface area (Å²) in [7, 11) is 0. The van der Waals surface area contributed by atoms with Crippen LogP contribution in [-0.2, 0) is 11.4 Å². The van der Waals surface area contributed by atoms with Crippen molar-refractivity contribution in [3.05, 3.63) is 101 Å². The van der Waals surface area contributed by atoms with Gasteiger partial charge in [0.25, 0.3) is 0 Å². The molecule has 3 rings (SSSR count). The predicted octanol–water partition coefficient (Wildman–Crippen LogP) is 4.60. The van der Waals surface area contributed by atoms with Gasteiger partial charge in [0.05, 0.1) is 11.8 Å². The van der Waals surface area contributed by atoms with E-state index in [-0.39, 0.29) is 5.56 Å². The molecule has 4 nitrogen and oxygen atoms in total. The second kappa shape index (κ2) is 8.58. The maximum atomic E-state index is 12.8. The van der Waals surface area contributed by atoms with Gasteiger partial charge >= 0.3 is 5.97 Å². The van der Waals surface area contributed by atoms with Crippen molar-refractivity contribution in [3.63, 3.8) is 0 Å². The average Bonchev–Trinajstić information content (AvgIpc) is 2.68. The van der Waals surface area contributed by atoms with E-state index < -0.39 is 11.8 Å². The van der Waals surface area contributed by atoms with Crippen molar-refractivity contribution >= 4 is 12.2 Å². The minimum absolute atomic E-state index is 0.230. The van der Waals surface area contributed by atoms with Crippen LogP contribution in [0.4, 0.5) is 4.39 Å². The number of ether oxygens (including phenoxy) is 1. The van der Waals surface area contributed by atoms with Crippen LogP contribution in [0, 0.1) is 5.82 Å². The first-order chi connectivity index (χ1) is 12.7. The highest BCUT2D eigenvalue weighted by molar-refractivity contribution is 5.90. The smallest absolute Gasteiger partial charge is 0.365 e. The third-order valence-electron chi connectivity index (χ3n) is 3.55. The topological polar surface area (TPSA) is 47.9 Å². The molecule has 5 heteroatoms. The molecule has 3 aromatic carbocycles. The van der Waals surface area contributed by atoms with Crippen LogP contribution in [0.25, 0.3) is 0 Å². The molecule has 0 bridgehead atoms. The highest BCUT2D eigenvalue weighted by Crippen LogP contribution is 2.13. The number of carbonyl (C=O) groups excluding carboxylic acids is 1. The van der Waals surface area contributed by atoms with Crippen LogP contribution in [0.2, 0.25) is 0 Å². The van der Waals surface area contributed by atoms with E-state index in [4.69, 9.17) is 9.57 Å². The quantitative estimate of drug-likeness (QED) is 0.371. The van der Waals surface area contributed by atoms with Crippen LogP contribution < -0.4 is 4.74 Å². The second-order valence-corrected chi connectivity index (χ2v) is 5.46. The Bertz CT molecular complexity index is 875. The number of oxime groups is 1. The van der Waals surface area contributed by atoms with Gasteiger partial charge in [-0.25, -0.2) is 9.18 Å². The van der Waals surface area contributed by atoms with Gasteiger partial charge in [0.2, 0.25) is 0 Å². The number of rotatable bonds is 6. The summed E-state index contributed by atoms with van der Waals surface area (Å²) < 4.78 is 18.5. The molecule has 130 valence electrons. The van der Waals surface area contributed by atoms with E-state index in [1.807, 2.05) is 42.5 Å². The normalized spacial score (nSPS) is 10.7. The monoisotopic (exact) mass is 349 g/mol. The Kier molecular flexibility index (Phi) is 5.72. The van der Waals surface area contributed by atoms with E-state index in [1.165, 1.54) is 30.5 Å². The average molecular weight is 349 g/mol. The van der Waals surface area contributed by atoms with Gasteiger partial charge in [0.15, 0.2) is 0 Å². The summed E-state index contributed by atoms with van der Waals surface area (Å²) in [6.07, 6.45) is 1.42. The van der Waals surface area contributed by atoms with Crippen LogP contribution in [0.5, 0.6) is 5.75 Å². The van der Waals surface area contributed by atoms with E-state index in [9.17, 15) is 9.18 Å². The third kappa shape index (κ3) is 5.01. The third-order valence-corrected chi connectivity index (χ3v) is 3.55. The van der Waals surface area contributed by atoms with E-state index in [0.717, 1.165) is 16.9 Å². The fourth-order valence-electron chi connectivity index (χ4n) is 2.16.